The second-order valence-electron chi connectivity index (χ2n) is 3.05. The van der Waals surface area contributed by atoms with E-state index in [0.29, 0.717) is 17.4 Å². The highest BCUT2D eigenvalue weighted by molar-refractivity contribution is 6.17. The van der Waals surface area contributed by atoms with Gasteiger partial charge in [0.05, 0.1) is 0 Å². The number of alkyl halides is 1. The predicted octanol–water partition coefficient (Wildman–Crippen LogP) is 2.39. The van der Waals surface area contributed by atoms with Gasteiger partial charge in [-0.25, -0.2) is 0 Å². The summed E-state index contributed by atoms with van der Waals surface area (Å²) in [6.07, 6.45) is 0. The molecule has 0 aliphatic rings. The number of hydrogen-bond acceptors (Lipinski definition) is 4. The first-order chi connectivity index (χ1) is 7.80. The number of methoxy groups -OCH3 is 2. The molecule has 0 atom stereocenters. The number of hydrogen-bond donors (Lipinski definition) is 0. The lowest BCUT2D eigenvalue weighted by Gasteiger charge is -2.10. The lowest BCUT2D eigenvalue weighted by Crippen LogP contribution is -2.02. The molecular weight excluding hydrogens is 232 g/mol. The first kappa shape index (κ1) is 13.1. The van der Waals surface area contributed by atoms with Crippen molar-refractivity contribution < 1.29 is 18.9 Å². The average molecular weight is 247 g/mol. The minimum absolute atomic E-state index is 0.190. The highest BCUT2D eigenvalue weighted by Gasteiger charge is 2.02. The van der Waals surface area contributed by atoms with Crippen LogP contribution in [0.3, 0.4) is 0 Å². The highest BCUT2D eigenvalue weighted by atomic mass is 35.5. The summed E-state index contributed by atoms with van der Waals surface area (Å²) >= 11 is 5.77. The van der Waals surface area contributed by atoms with Crippen LogP contribution in [0, 0.1) is 0 Å². The molecule has 0 radical (unpaired) electrons. The molecule has 0 aliphatic heterocycles. The Kier molecular flexibility index (Phi) is 6.00. The zero-order valence-corrected chi connectivity index (χ0v) is 10.1. The summed E-state index contributed by atoms with van der Waals surface area (Å²) in [6.45, 7) is 0.380. The molecule has 0 saturated heterocycles. The van der Waals surface area contributed by atoms with Crippen molar-refractivity contribution in [3.8, 4) is 11.5 Å². The van der Waals surface area contributed by atoms with Crippen LogP contribution in [0.2, 0.25) is 0 Å². The summed E-state index contributed by atoms with van der Waals surface area (Å²) in [4.78, 5) is 0. The summed E-state index contributed by atoms with van der Waals surface area (Å²) in [5, 5.41) is 0. The van der Waals surface area contributed by atoms with Crippen LogP contribution >= 0.6 is 11.6 Å². The Morgan fingerprint density at radius 1 is 0.938 bits per heavy atom. The number of halogens is 1. The Morgan fingerprint density at radius 2 is 1.44 bits per heavy atom. The van der Waals surface area contributed by atoms with Crippen molar-refractivity contribution in [3.63, 3.8) is 0 Å². The van der Waals surface area contributed by atoms with Crippen molar-refractivity contribution in [2.24, 2.45) is 0 Å². The third-order valence-electron chi connectivity index (χ3n) is 1.78. The summed E-state index contributed by atoms with van der Waals surface area (Å²) in [7, 11) is 3.13. The molecule has 0 aromatic heterocycles. The van der Waals surface area contributed by atoms with Crippen molar-refractivity contribution in [3.05, 3.63) is 23.8 Å². The van der Waals surface area contributed by atoms with Gasteiger partial charge in [0.2, 0.25) is 0 Å². The molecule has 1 rings (SSSR count). The van der Waals surface area contributed by atoms with Crippen LogP contribution in [0.15, 0.2) is 18.2 Å². The maximum absolute atomic E-state index is 5.77. The van der Waals surface area contributed by atoms with E-state index in [1.54, 1.807) is 20.3 Å². The minimum atomic E-state index is 0.190. The number of rotatable bonds is 7. The predicted molar refractivity (Wildman–Crippen MR) is 61.0 cm³/mol. The van der Waals surface area contributed by atoms with Crippen molar-refractivity contribution in [2.75, 3.05) is 27.8 Å². The zero-order chi connectivity index (χ0) is 11.8. The number of benzene rings is 1. The fourth-order valence-corrected chi connectivity index (χ4v) is 1.28. The monoisotopic (exact) mass is 246 g/mol. The number of ether oxygens (including phenoxy) is 4. The smallest absolute Gasteiger partial charge is 0.188 e. The van der Waals surface area contributed by atoms with Gasteiger partial charge in [0, 0.05) is 26.2 Å². The maximum atomic E-state index is 5.77. The van der Waals surface area contributed by atoms with Crippen molar-refractivity contribution >= 4 is 11.6 Å². The highest BCUT2D eigenvalue weighted by Crippen LogP contribution is 2.24. The average Bonchev–Trinajstić information content (AvgIpc) is 2.33. The van der Waals surface area contributed by atoms with Crippen LogP contribution in [0.1, 0.15) is 5.56 Å². The Balaban J connectivity index is 2.74. The fraction of sp³-hybridized carbons (Fsp3) is 0.455. The largest absolute Gasteiger partial charge is 0.467 e. The quantitative estimate of drug-likeness (QED) is 0.547. The van der Waals surface area contributed by atoms with Gasteiger partial charge in [0.15, 0.2) is 13.6 Å². The molecule has 0 saturated carbocycles. The SMILES string of the molecule is COCOc1cc(CCl)cc(OCOC)c1. The van der Waals surface area contributed by atoms with E-state index in [1.807, 2.05) is 12.1 Å². The lowest BCUT2D eigenvalue weighted by atomic mass is 10.2. The first-order valence-corrected chi connectivity index (χ1v) is 5.27. The molecule has 16 heavy (non-hydrogen) atoms. The van der Waals surface area contributed by atoms with E-state index in [4.69, 9.17) is 30.5 Å². The van der Waals surface area contributed by atoms with E-state index in [2.05, 4.69) is 0 Å². The Morgan fingerprint density at radius 3 is 1.81 bits per heavy atom. The van der Waals surface area contributed by atoms with E-state index in [-0.39, 0.29) is 13.6 Å². The molecule has 1 aromatic carbocycles. The van der Waals surface area contributed by atoms with Gasteiger partial charge < -0.3 is 18.9 Å². The van der Waals surface area contributed by atoms with Gasteiger partial charge in [-0.05, 0) is 17.7 Å². The zero-order valence-electron chi connectivity index (χ0n) is 9.36. The van der Waals surface area contributed by atoms with Crippen LogP contribution in [-0.4, -0.2) is 27.8 Å². The molecule has 0 N–H and O–H groups in total. The standard InChI is InChI=1S/C11H15ClO4/c1-13-7-15-10-3-9(6-12)4-11(5-10)16-8-14-2/h3-5H,6-8H2,1-2H3. The first-order valence-electron chi connectivity index (χ1n) is 4.73. The lowest BCUT2D eigenvalue weighted by molar-refractivity contribution is 0.0460. The molecule has 0 fully saturated rings. The molecule has 0 spiro atoms. The van der Waals surface area contributed by atoms with Crippen molar-refractivity contribution in [1.29, 1.82) is 0 Å². The van der Waals surface area contributed by atoms with Crippen molar-refractivity contribution in [2.45, 2.75) is 5.88 Å². The molecule has 90 valence electrons. The molecule has 0 heterocycles. The molecule has 5 heteroatoms. The van der Waals surface area contributed by atoms with Gasteiger partial charge in [-0.15, -0.1) is 11.6 Å². The molecule has 0 unspecified atom stereocenters. The molecule has 0 aliphatic carbocycles. The molecule has 1 aromatic rings. The fourth-order valence-electron chi connectivity index (χ4n) is 1.13. The minimum Gasteiger partial charge on any atom is -0.467 e. The van der Waals surface area contributed by atoms with E-state index in [1.165, 1.54) is 0 Å². The van der Waals surface area contributed by atoms with Gasteiger partial charge in [0.25, 0.3) is 0 Å². The third kappa shape index (κ3) is 4.26. The topological polar surface area (TPSA) is 36.9 Å². The second-order valence-corrected chi connectivity index (χ2v) is 3.32. The van der Waals surface area contributed by atoms with E-state index >= 15 is 0 Å². The summed E-state index contributed by atoms with van der Waals surface area (Å²) in [5.41, 5.74) is 0.918. The Labute approximate surface area is 100 Å². The van der Waals surface area contributed by atoms with Crippen molar-refractivity contribution in [1.82, 2.24) is 0 Å². The molecule has 0 bridgehead atoms. The Hall–Kier alpha value is -0.970. The summed E-state index contributed by atoms with van der Waals surface area (Å²) in [6, 6.07) is 5.44. The maximum Gasteiger partial charge on any atom is 0.188 e. The van der Waals surface area contributed by atoms with Gasteiger partial charge in [-0.3, -0.25) is 0 Å². The van der Waals surface area contributed by atoms with E-state index in [0.717, 1.165) is 5.56 Å². The van der Waals surface area contributed by atoms with E-state index in [9.17, 15) is 0 Å². The Bertz CT molecular complexity index is 291. The summed E-state index contributed by atoms with van der Waals surface area (Å²) in [5.74, 6) is 1.71. The van der Waals surface area contributed by atoms with Gasteiger partial charge in [0.1, 0.15) is 11.5 Å². The van der Waals surface area contributed by atoms with Gasteiger partial charge in [-0.1, -0.05) is 0 Å². The van der Waals surface area contributed by atoms with Crippen LogP contribution in [0.4, 0.5) is 0 Å². The van der Waals surface area contributed by atoms with Gasteiger partial charge >= 0.3 is 0 Å². The second kappa shape index (κ2) is 7.33. The van der Waals surface area contributed by atoms with Gasteiger partial charge in [-0.2, -0.15) is 0 Å². The van der Waals surface area contributed by atoms with E-state index < -0.39 is 0 Å². The summed E-state index contributed by atoms with van der Waals surface area (Å²) < 4.78 is 20.3. The molecule has 0 amide bonds. The molecular formula is C11H15ClO4. The van der Waals surface area contributed by atoms with Crippen LogP contribution in [0.5, 0.6) is 11.5 Å². The van der Waals surface area contributed by atoms with Crippen LogP contribution in [-0.2, 0) is 15.4 Å². The normalized spacial score (nSPS) is 10.2. The van der Waals surface area contributed by atoms with Crippen LogP contribution in [0.25, 0.3) is 0 Å². The third-order valence-corrected chi connectivity index (χ3v) is 2.09. The molecule has 4 nitrogen and oxygen atoms in total. The van der Waals surface area contributed by atoms with Crippen LogP contribution < -0.4 is 9.47 Å².